The van der Waals surface area contributed by atoms with Gasteiger partial charge in [0.05, 0.1) is 16.8 Å². The molecule has 0 aliphatic rings. The second-order valence-electron chi connectivity index (χ2n) is 9.66. The lowest BCUT2D eigenvalue weighted by molar-refractivity contribution is -0.117. The maximum atomic E-state index is 6.22. The molecule has 0 aromatic rings. The van der Waals surface area contributed by atoms with Crippen LogP contribution < -0.4 is 0 Å². The van der Waals surface area contributed by atoms with Gasteiger partial charge in [-0.3, -0.25) is 0 Å². The average Bonchev–Trinajstić information content (AvgIpc) is 2.03. The summed E-state index contributed by atoms with van der Waals surface area (Å²) in [4.78, 5) is 0. The molecule has 140 valence electrons. The molecule has 0 aromatic heterocycles. The Morgan fingerprint density at radius 1 is 0.522 bits per heavy atom. The standard InChI is InChI=1S/C16H38O5Si2/c1-13(2,3)17-22-21-23(18-14(4,5)6,19-15(7,8)9)20-16(10,11)12/h22H2,1-12H3. The fraction of sp³-hybridized carbons (Fsp3) is 1.00. The van der Waals surface area contributed by atoms with Crippen LogP contribution in [0.4, 0.5) is 0 Å². The Bertz CT molecular complexity index is 318. The molecule has 0 saturated heterocycles. The molecule has 0 fully saturated rings. The summed E-state index contributed by atoms with van der Waals surface area (Å²) in [6.45, 7) is 23.8. The van der Waals surface area contributed by atoms with E-state index in [9.17, 15) is 0 Å². The molecule has 0 heterocycles. The van der Waals surface area contributed by atoms with E-state index in [0.717, 1.165) is 0 Å². The highest BCUT2D eigenvalue weighted by Gasteiger charge is 2.54. The smallest absolute Gasteiger partial charge is 0.394 e. The molecule has 0 saturated carbocycles. The number of hydrogen-bond acceptors (Lipinski definition) is 5. The summed E-state index contributed by atoms with van der Waals surface area (Å²) >= 11 is 0. The van der Waals surface area contributed by atoms with Crippen molar-refractivity contribution in [3.8, 4) is 0 Å². The van der Waals surface area contributed by atoms with E-state index in [4.69, 9.17) is 21.8 Å². The summed E-state index contributed by atoms with van der Waals surface area (Å²) in [5.41, 5.74) is -1.59. The van der Waals surface area contributed by atoms with Crippen molar-refractivity contribution >= 4 is 19.1 Å². The Hall–Kier alpha value is 0.234. The summed E-state index contributed by atoms with van der Waals surface area (Å²) < 4.78 is 30.6. The first kappa shape index (κ1) is 23.2. The molecule has 7 heteroatoms. The van der Waals surface area contributed by atoms with Crippen LogP contribution in [0.25, 0.3) is 0 Å². The van der Waals surface area contributed by atoms with E-state index in [1.54, 1.807) is 0 Å². The van der Waals surface area contributed by atoms with Gasteiger partial charge in [-0.15, -0.1) is 0 Å². The van der Waals surface area contributed by atoms with Crippen molar-refractivity contribution in [3.05, 3.63) is 0 Å². The molecule has 23 heavy (non-hydrogen) atoms. The van der Waals surface area contributed by atoms with Crippen molar-refractivity contribution in [2.45, 2.75) is 105 Å². The second kappa shape index (κ2) is 7.64. The molecule has 0 aromatic carbocycles. The highest BCUT2D eigenvalue weighted by atomic mass is 28.4. The van der Waals surface area contributed by atoms with Crippen LogP contribution in [0.3, 0.4) is 0 Å². The molecular weight excluding hydrogens is 328 g/mol. The van der Waals surface area contributed by atoms with Gasteiger partial charge in [0.1, 0.15) is 0 Å². The van der Waals surface area contributed by atoms with E-state index in [-0.39, 0.29) is 5.60 Å². The van der Waals surface area contributed by atoms with Crippen LogP contribution in [0, 0.1) is 0 Å². The monoisotopic (exact) mass is 366 g/mol. The van der Waals surface area contributed by atoms with Gasteiger partial charge >= 0.3 is 9.05 Å². The lowest BCUT2D eigenvalue weighted by atomic mass is 10.2. The van der Waals surface area contributed by atoms with Crippen molar-refractivity contribution < 1.29 is 21.8 Å². The zero-order valence-corrected chi connectivity index (χ0v) is 19.7. The molecule has 0 rings (SSSR count). The molecule has 0 aliphatic carbocycles. The quantitative estimate of drug-likeness (QED) is 0.671. The minimum Gasteiger partial charge on any atom is -0.394 e. The van der Waals surface area contributed by atoms with Gasteiger partial charge in [0.2, 0.25) is 0 Å². The van der Waals surface area contributed by atoms with Gasteiger partial charge in [-0.2, -0.15) is 0 Å². The fourth-order valence-corrected chi connectivity index (χ4v) is 5.80. The van der Waals surface area contributed by atoms with Crippen molar-refractivity contribution in [3.63, 3.8) is 0 Å². The van der Waals surface area contributed by atoms with Gasteiger partial charge in [0, 0.05) is 5.60 Å². The lowest BCUT2D eigenvalue weighted by Gasteiger charge is -2.41. The summed E-state index contributed by atoms with van der Waals surface area (Å²) in [5, 5.41) is 0. The minimum atomic E-state index is -3.36. The Balaban J connectivity index is 5.45. The van der Waals surface area contributed by atoms with Gasteiger partial charge < -0.3 is 21.8 Å². The maximum absolute atomic E-state index is 6.22. The van der Waals surface area contributed by atoms with Gasteiger partial charge in [0.15, 0.2) is 0 Å². The largest absolute Gasteiger partial charge is 0.671 e. The van der Waals surface area contributed by atoms with Gasteiger partial charge in [-0.25, -0.2) is 0 Å². The van der Waals surface area contributed by atoms with Crippen LogP contribution in [0.5, 0.6) is 0 Å². The summed E-state index contributed by atoms with van der Waals surface area (Å²) in [7, 11) is -4.68. The predicted molar refractivity (Wildman–Crippen MR) is 98.7 cm³/mol. The normalized spacial score (nSPS) is 15.7. The van der Waals surface area contributed by atoms with Crippen LogP contribution in [0.15, 0.2) is 0 Å². The molecular formula is C16H38O5Si2. The molecule has 0 radical (unpaired) electrons. The van der Waals surface area contributed by atoms with Crippen molar-refractivity contribution in [2.24, 2.45) is 0 Å². The van der Waals surface area contributed by atoms with Gasteiger partial charge in [0.25, 0.3) is 10.0 Å². The number of hydrogen-bond donors (Lipinski definition) is 0. The average molecular weight is 367 g/mol. The molecule has 0 atom stereocenters. The summed E-state index contributed by atoms with van der Waals surface area (Å²) in [6.07, 6.45) is 0. The number of rotatable bonds is 6. The predicted octanol–water partition coefficient (Wildman–Crippen LogP) is 3.70. The lowest BCUT2D eigenvalue weighted by Crippen LogP contribution is -2.60. The van der Waals surface area contributed by atoms with Crippen LogP contribution in [0.2, 0.25) is 0 Å². The molecule has 0 spiro atoms. The molecule has 0 N–H and O–H groups in total. The third-order valence-electron chi connectivity index (χ3n) is 2.02. The van der Waals surface area contributed by atoms with E-state index in [1.807, 2.05) is 83.1 Å². The maximum Gasteiger partial charge on any atom is 0.671 e. The van der Waals surface area contributed by atoms with Gasteiger partial charge in [-0.05, 0) is 83.1 Å². The molecule has 0 aliphatic heterocycles. The van der Waals surface area contributed by atoms with Crippen LogP contribution in [0.1, 0.15) is 83.1 Å². The van der Waals surface area contributed by atoms with E-state index >= 15 is 0 Å². The summed E-state index contributed by atoms with van der Waals surface area (Å²) in [5.74, 6) is 0. The van der Waals surface area contributed by atoms with Crippen LogP contribution in [-0.2, 0) is 21.8 Å². The van der Waals surface area contributed by atoms with E-state index < -0.39 is 35.9 Å². The molecule has 0 amide bonds. The topological polar surface area (TPSA) is 46.2 Å². The van der Waals surface area contributed by atoms with Crippen LogP contribution in [-0.4, -0.2) is 41.5 Å². The molecule has 0 unspecified atom stereocenters. The first-order chi connectivity index (χ1) is 9.83. The van der Waals surface area contributed by atoms with Crippen molar-refractivity contribution in [1.29, 1.82) is 0 Å². The first-order valence-corrected chi connectivity index (χ1v) is 11.0. The van der Waals surface area contributed by atoms with E-state index in [0.29, 0.717) is 0 Å². The van der Waals surface area contributed by atoms with Crippen molar-refractivity contribution in [2.75, 3.05) is 0 Å². The molecule has 5 nitrogen and oxygen atoms in total. The zero-order chi connectivity index (χ0) is 18.7. The Morgan fingerprint density at radius 3 is 1.04 bits per heavy atom. The molecule has 0 bridgehead atoms. The fourth-order valence-electron chi connectivity index (χ4n) is 1.55. The van der Waals surface area contributed by atoms with Crippen molar-refractivity contribution in [1.82, 2.24) is 0 Å². The zero-order valence-electron chi connectivity index (χ0n) is 17.2. The van der Waals surface area contributed by atoms with Gasteiger partial charge in [-0.1, -0.05) is 0 Å². The summed E-state index contributed by atoms with van der Waals surface area (Å²) in [6, 6.07) is 0. The SMILES string of the molecule is CC(C)(C)O[SiH2]O[Si](OC(C)(C)C)(OC(C)(C)C)OC(C)(C)C. The Kier molecular flexibility index (Phi) is 7.71. The first-order valence-electron chi connectivity index (χ1n) is 8.21. The Morgan fingerprint density at radius 2 is 0.826 bits per heavy atom. The van der Waals surface area contributed by atoms with E-state index in [1.165, 1.54) is 0 Å². The highest BCUT2D eigenvalue weighted by Crippen LogP contribution is 2.29. The van der Waals surface area contributed by atoms with E-state index in [2.05, 4.69) is 0 Å². The minimum absolute atomic E-state index is 0.252. The second-order valence-corrected chi connectivity index (χ2v) is 13.0. The van der Waals surface area contributed by atoms with Crippen LogP contribution >= 0.6 is 0 Å². The third kappa shape index (κ3) is 13.2. The highest BCUT2D eigenvalue weighted by molar-refractivity contribution is 6.59. The Labute approximate surface area is 146 Å². The third-order valence-corrected chi connectivity index (χ3v) is 7.48.